The molecule has 2 fully saturated rings. The molecule has 3 rings (SSSR count). The lowest BCUT2D eigenvalue weighted by Crippen LogP contribution is -2.54. The van der Waals surface area contributed by atoms with E-state index >= 15 is 0 Å². The molecule has 0 spiro atoms. The minimum absolute atomic E-state index is 0.0502. The monoisotopic (exact) mass is 304 g/mol. The predicted molar refractivity (Wildman–Crippen MR) is 85.3 cm³/mol. The number of carboxylic acids is 1. The molecule has 3 heteroatoms. The van der Waals surface area contributed by atoms with Crippen molar-refractivity contribution in [2.75, 3.05) is 0 Å². The van der Waals surface area contributed by atoms with Crippen molar-refractivity contribution in [2.45, 2.75) is 59.8 Å². The number of carbonyl (C=O) groups excluding carboxylic acids is 1. The fourth-order valence-electron chi connectivity index (χ4n) is 6.21. The minimum atomic E-state index is -0.620. The summed E-state index contributed by atoms with van der Waals surface area (Å²) in [5.74, 6) is 0.106. The van der Waals surface area contributed by atoms with Gasteiger partial charge in [0.1, 0.15) is 6.29 Å². The Bertz CT molecular complexity index is 549. The highest BCUT2D eigenvalue weighted by atomic mass is 16.4. The largest absolute Gasteiger partial charge is 0.481 e. The molecule has 0 radical (unpaired) electrons. The highest BCUT2D eigenvalue weighted by molar-refractivity contribution is 5.76. The van der Waals surface area contributed by atoms with Crippen LogP contribution in [0, 0.1) is 34.5 Å². The summed E-state index contributed by atoms with van der Waals surface area (Å²) < 4.78 is 0. The Hall–Kier alpha value is -1.12. The van der Waals surface area contributed by atoms with Crippen LogP contribution < -0.4 is 0 Å². The van der Waals surface area contributed by atoms with Crippen molar-refractivity contribution < 1.29 is 14.7 Å². The Labute approximate surface area is 133 Å². The van der Waals surface area contributed by atoms with E-state index in [1.165, 1.54) is 5.57 Å². The van der Waals surface area contributed by atoms with E-state index in [1.807, 2.05) is 0 Å². The molecule has 0 amide bonds. The molecule has 0 unspecified atom stereocenters. The zero-order valence-electron chi connectivity index (χ0n) is 14.2. The van der Waals surface area contributed by atoms with Crippen molar-refractivity contribution in [3.63, 3.8) is 0 Å². The molecule has 3 nitrogen and oxygen atoms in total. The zero-order chi connectivity index (χ0) is 16.3. The highest BCUT2D eigenvalue weighted by Gasteiger charge is 2.61. The third kappa shape index (κ3) is 1.87. The van der Waals surface area contributed by atoms with E-state index in [4.69, 9.17) is 0 Å². The van der Waals surface area contributed by atoms with Crippen LogP contribution in [0.4, 0.5) is 0 Å². The SMILES string of the molecule is CC1=C(C=O)C[C@@H]2[C@@]3(C)CC[C@@H](C)[C@H](C(=O)O)[C@H]3CC[C@@]12C. The van der Waals surface area contributed by atoms with Crippen LogP contribution in [-0.2, 0) is 9.59 Å². The van der Waals surface area contributed by atoms with Gasteiger partial charge >= 0.3 is 5.97 Å². The Kier molecular flexibility index (Phi) is 3.54. The Morgan fingerprint density at radius 2 is 1.95 bits per heavy atom. The number of aliphatic carboxylic acids is 1. The van der Waals surface area contributed by atoms with Crippen LogP contribution >= 0.6 is 0 Å². The van der Waals surface area contributed by atoms with Gasteiger partial charge in [0, 0.05) is 0 Å². The molecule has 3 aliphatic carbocycles. The summed E-state index contributed by atoms with van der Waals surface area (Å²) in [4.78, 5) is 23.3. The number of rotatable bonds is 2. The van der Waals surface area contributed by atoms with E-state index in [2.05, 4.69) is 27.7 Å². The molecular formula is C19H28O3. The summed E-state index contributed by atoms with van der Waals surface area (Å²) in [5.41, 5.74) is 2.37. The topological polar surface area (TPSA) is 54.4 Å². The second kappa shape index (κ2) is 4.94. The number of carbonyl (C=O) groups is 2. The third-order valence-corrected chi connectivity index (χ3v) is 7.76. The van der Waals surface area contributed by atoms with Crippen LogP contribution in [0.5, 0.6) is 0 Å². The average Bonchev–Trinajstić information content (AvgIpc) is 2.73. The van der Waals surface area contributed by atoms with Crippen LogP contribution in [0.1, 0.15) is 59.8 Å². The fourth-order valence-corrected chi connectivity index (χ4v) is 6.21. The highest BCUT2D eigenvalue weighted by Crippen LogP contribution is 2.67. The smallest absolute Gasteiger partial charge is 0.307 e. The van der Waals surface area contributed by atoms with Gasteiger partial charge in [0.05, 0.1) is 5.92 Å². The van der Waals surface area contributed by atoms with Crippen molar-refractivity contribution in [3.8, 4) is 0 Å². The molecule has 2 saturated carbocycles. The molecule has 0 aromatic heterocycles. The molecule has 1 N–H and O–H groups in total. The van der Waals surface area contributed by atoms with Crippen LogP contribution in [0.3, 0.4) is 0 Å². The first kappa shape index (κ1) is 15.8. The Balaban J connectivity index is 2.01. The quantitative estimate of drug-likeness (QED) is 0.782. The maximum Gasteiger partial charge on any atom is 0.307 e. The van der Waals surface area contributed by atoms with Crippen molar-refractivity contribution >= 4 is 12.3 Å². The van der Waals surface area contributed by atoms with Crippen molar-refractivity contribution in [1.29, 1.82) is 0 Å². The number of carboxylic acid groups (broad SMARTS) is 1. The van der Waals surface area contributed by atoms with Crippen LogP contribution in [0.25, 0.3) is 0 Å². The molecule has 22 heavy (non-hydrogen) atoms. The number of hydrogen-bond acceptors (Lipinski definition) is 2. The minimum Gasteiger partial charge on any atom is -0.481 e. The number of fused-ring (bicyclic) bond motifs is 3. The first-order valence-corrected chi connectivity index (χ1v) is 8.64. The van der Waals surface area contributed by atoms with Gasteiger partial charge in [-0.1, -0.05) is 26.3 Å². The number of hydrogen-bond donors (Lipinski definition) is 1. The summed E-state index contributed by atoms with van der Waals surface area (Å²) in [6.07, 6.45) is 5.98. The van der Waals surface area contributed by atoms with Gasteiger partial charge in [-0.2, -0.15) is 0 Å². The van der Waals surface area contributed by atoms with E-state index in [0.29, 0.717) is 5.92 Å². The van der Waals surface area contributed by atoms with E-state index in [0.717, 1.165) is 44.0 Å². The summed E-state index contributed by atoms with van der Waals surface area (Å²) >= 11 is 0. The van der Waals surface area contributed by atoms with Crippen molar-refractivity contribution in [2.24, 2.45) is 34.5 Å². The van der Waals surface area contributed by atoms with Gasteiger partial charge in [0.2, 0.25) is 0 Å². The van der Waals surface area contributed by atoms with Gasteiger partial charge in [-0.15, -0.1) is 0 Å². The summed E-state index contributed by atoms with van der Waals surface area (Å²) in [6, 6.07) is 0. The van der Waals surface area contributed by atoms with Gasteiger partial charge in [-0.05, 0) is 73.2 Å². The summed E-state index contributed by atoms with van der Waals surface area (Å²) in [7, 11) is 0. The molecule has 0 heterocycles. The molecule has 6 atom stereocenters. The van der Waals surface area contributed by atoms with Crippen molar-refractivity contribution in [3.05, 3.63) is 11.1 Å². The average molecular weight is 304 g/mol. The summed E-state index contributed by atoms with van der Waals surface area (Å²) in [5, 5.41) is 9.75. The van der Waals surface area contributed by atoms with Gasteiger partial charge in [0.15, 0.2) is 0 Å². The lowest BCUT2D eigenvalue weighted by molar-refractivity contribution is -0.161. The van der Waals surface area contributed by atoms with Gasteiger partial charge < -0.3 is 5.11 Å². The van der Waals surface area contributed by atoms with E-state index < -0.39 is 5.97 Å². The lowest BCUT2D eigenvalue weighted by Gasteiger charge is -2.59. The zero-order valence-corrected chi connectivity index (χ0v) is 14.2. The first-order valence-electron chi connectivity index (χ1n) is 8.64. The molecular weight excluding hydrogens is 276 g/mol. The maximum atomic E-state index is 11.9. The molecule has 0 aromatic rings. The second-order valence-corrected chi connectivity index (χ2v) is 8.47. The molecule has 122 valence electrons. The number of allylic oxidation sites excluding steroid dienone is 2. The van der Waals surface area contributed by atoms with Gasteiger partial charge in [-0.25, -0.2) is 0 Å². The normalized spacial score (nSPS) is 47.8. The second-order valence-electron chi connectivity index (χ2n) is 8.47. The lowest BCUT2D eigenvalue weighted by atomic mass is 9.45. The fraction of sp³-hybridized carbons (Fsp3) is 0.789. The van der Waals surface area contributed by atoms with E-state index in [9.17, 15) is 14.7 Å². The molecule has 0 aromatic carbocycles. The Morgan fingerprint density at radius 3 is 2.55 bits per heavy atom. The van der Waals surface area contributed by atoms with Gasteiger partial charge in [0.25, 0.3) is 0 Å². The summed E-state index contributed by atoms with van der Waals surface area (Å²) in [6.45, 7) is 8.83. The third-order valence-electron chi connectivity index (χ3n) is 7.76. The predicted octanol–water partition coefficient (Wildman–Crippen LogP) is 4.08. The molecule has 3 aliphatic rings. The van der Waals surface area contributed by atoms with Crippen LogP contribution in [-0.4, -0.2) is 17.4 Å². The van der Waals surface area contributed by atoms with E-state index in [1.54, 1.807) is 0 Å². The maximum absolute atomic E-state index is 11.9. The molecule has 0 saturated heterocycles. The van der Waals surface area contributed by atoms with E-state index in [-0.39, 0.29) is 28.6 Å². The van der Waals surface area contributed by atoms with Gasteiger partial charge in [-0.3, -0.25) is 9.59 Å². The number of aldehydes is 1. The van der Waals surface area contributed by atoms with Crippen LogP contribution in [0.15, 0.2) is 11.1 Å². The molecule has 0 bridgehead atoms. The van der Waals surface area contributed by atoms with Crippen molar-refractivity contribution in [1.82, 2.24) is 0 Å². The molecule has 0 aliphatic heterocycles. The Morgan fingerprint density at radius 1 is 1.27 bits per heavy atom. The van der Waals surface area contributed by atoms with Crippen LogP contribution in [0.2, 0.25) is 0 Å². The first-order chi connectivity index (χ1) is 10.3. The standard InChI is InChI=1S/C19H28O3/c1-11-5-7-19(4)14(16(11)17(21)22)6-8-18(3)12(2)13(10-20)9-15(18)19/h10-11,14-16H,5-9H2,1-4H3,(H,21,22)/t11-,14-,15+,16+,18+,19+/m1/s1.